The molecule has 0 aromatic carbocycles. The molecule has 5 unspecified atom stereocenters. The van der Waals surface area contributed by atoms with Crippen LogP contribution in [0.3, 0.4) is 0 Å². The summed E-state index contributed by atoms with van der Waals surface area (Å²) in [5.41, 5.74) is 0. The van der Waals surface area contributed by atoms with E-state index < -0.39 is 97.5 Å². The van der Waals surface area contributed by atoms with Crippen LogP contribution in [0.25, 0.3) is 0 Å². The molecule has 0 saturated carbocycles. The minimum absolute atomic E-state index is 0.0700. The molecule has 104 heavy (non-hydrogen) atoms. The molecule has 3 N–H and O–H groups in total. The van der Waals surface area contributed by atoms with Crippen molar-refractivity contribution in [1.29, 1.82) is 0 Å². The van der Waals surface area contributed by atoms with E-state index in [1.54, 1.807) is 0 Å². The van der Waals surface area contributed by atoms with Gasteiger partial charge in [-0.25, -0.2) is 9.13 Å². The van der Waals surface area contributed by atoms with Crippen molar-refractivity contribution < 1.29 is 80.2 Å². The average Bonchev–Trinajstić information content (AvgIpc) is 0.939. The fourth-order valence-electron chi connectivity index (χ4n) is 10.5. The van der Waals surface area contributed by atoms with Crippen LogP contribution in [0, 0.1) is 0 Å². The molecule has 0 heterocycles. The SMILES string of the molecule is CC/C=C\C/C=C\C/C=C\CCCCCCCCCC(=O)OCC(COP(=O)(O)OCC(O)COP(=O)(O)OCC(COC(=O)CCCCCCCC/C=C\C/C=C\C/C=C\CCCCC)OC(=O)CCCCCCC/C=C\C/C=C\CCC)OC(=O)CCCCCCC/C=C\C/C=C\C/C=C\CC. The zero-order valence-electron chi connectivity index (χ0n) is 65.2. The van der Waals surface area contributed by atoms with Crippen LogP contribution in [0.2, 0.25) is 0 Å². The molecule has 0 bridgehead atoms. The fraction of sp³-hybridized carbons (Fsp3) is 0.694. The summed E-state index contributed by atoms with van der Waals surface area (Å²) in [6.07, 6.45) is 85.6. The number of phosphoric acid groups is 2. The van der Waals surface area contributed by atoms with Gasteiger partial charge in [-0.1, -0.05) is 277 Å². The van der Waals surface area contributed by atoms with Crippen LogP contribution in [0.15, 0.2) is 134 Å². The van der Waals surface area contributed by atoms with Gasteiger partial charge in [-0.3, -0.25) is 37.3 Å². The van der Waals surface area contributed by atoms with E-state index >= 15 is 0 Å². The third kappa shape index (κ3) is 75.4. The molecule has 0 amide bonds. The number of hydrogen-bond acceptors (Lipinski definition) is 15. The first-order valence-electron chi connectivity index (χ1n) is 40.4. The topological polar surface area (TPSA) is 237 Å². The molecule has 0 aliphatic rings. The molecule has 0 aromatic heterocycles. The molecule has 0 rings (SSSR count). The summed E-state index contributed by atoms with van der Waals surface area (Å²) in [5.74, 6) is -2.23. The van der Waals surface area contributed by atoms with E-state index in [1.165, 1.54) is 19.3 Å². The summed E-state index contributed by atoms with van der Waals surface area (Å²) in [4.78, 5) is 73.1. The number of unbranched alkanes of at least 4 members (excludes halogenated alkanes) is 27. The number of carbonyl (C=O) groups is 4. The van der Waals surface area contributed by atoms with Gasteiger partial charge in [0, 0.05) is 25.7 Å². The number of allylic oxidation sites excluding steroid dienone is 22. The molecule has 0 aliphatic carbocycles. The van der Waals surface area contributed by atoms with Crippen LogP contribution in [0.4, 0.5) is 0 Å². The smallest absolute Gasteiger partial charge is 0.462 e. The predicted molar refractivity (Wildman–Crippen MR) is 427 cm³/mol. The van der Waals surface area contributed by atoms with Gasteiger partial charge in [0.25, 0.3) is 0 Å². The Hall–Kier alpha value is -4.80. The van der Waals surface area contributed by atoms with Gasteiger partial charge in [-0.2, -0.15) is 0 Å². The first-order chi connectivity index (χ1) is 50.7. The van der Waals surface area contributed by atoms with E-state index in [2.05, 4.69) is 161 Å². The van der Waals surface area contributed by atoms with Crippen molar-refractivity contribution in [3.63, 3.8) is 0 Å². The van der Waals surface area contributed by atoms with Crippen molar-refractivity contribution >= 4 is 39.5 Å². The van der Waals surface area contributed by atoms with Crippen LogP contribution < -0.4 is 0 Å². The Morgan fingerprint density at radius 1 is 0.279 bits per heavy atom. The standard InChI is InChI=1S/C85H144O17P2/c1-5-9-13-17-21-25-29-33-36-38-39-41-44-47-50-54-58-62-66-70-83(88)95-75-80(101-84(89)71-67-63-59-55-51-45-32-28-24-20-16-12-8-4)77-99-103(91,92)97-73-79(86)74-98-104(93,94)100-78-81(102-85(90)72-68-64-60-56-52-48-42-35-31-27-23-19-15-11-7-3)76-96-82(87)69-65-61-57-53-49-46-43-40-37-34-30-26-22-18-14-10-6-2/h10-11,14-16,20-23,25-28,32-37,39,41-42,79-81,86H,5-9,12-13,17-19,24,29-31,38,40,43-78H2,1-4H3,(H,91,92)(H,93,94)/b14-10-,15-11-,20-16-,25-21-,26-22-,27-23-,32-28-,36-33-,37-34-,41-39-,42-35-. The summed E-state index contributed by atoms with van der Waals surface area (Å²) < 4.78 is 68.6. The average molecular weight is 1500 g/mol. The maximum Gasteiger partial charge on any atom is 0.472 e. The van der Waals surface area contributed by atoms with E-state index in [9.17, 15) is 43.2 Å². The first-order valence-corrected chi connectivity index (χ1v) is 43.4. The largest absolute Gasteiger partial charge is 0.472 e. The molecule has 596 valence electrons. The minimum Gasteiger partial charge on any atom is -0.462 e. The zero-order chi connectivity index (χ0) is 76.0. The van der Waals surface area contributed by atoms with E-state index in [1.807, 2.05) is 0 Å². The number of phosphoric ester groups is 2. The lowest BCUT2D eigenvalue weighted by molar-refractivity contribution is -0.161. The molecule has 19 heteroatoms. The molecular weight excluding hydrogens is 1350 g/mol. The Morgan fingerprint density at radius 3 is 0.808 bits per heavy atom. The normalized spacial score (nSPS) is 14.6. The van der Waals surface area contributed by atoms with Crippen molar-refractivity contribution in [3.05, 3.63) is 134 Å². The highest BCUT2D eigenvalue weighted by atomic mass is 31.2. The Labute approximate surface area is 631 Å². The first kappa shape index (κ1) is 99.2. The summed E-state index contributed by atoms with van der Waals surface area (Å²) in [7, 11) is -9.98. The predicted octanol–water partition coefficient (Wildman–Crippen LogP) is 23.7. The Morgan fingerprint density at radius 2 is 0.519 bits per heavy atom. The van der Waals surface area contributed by atoms with E-state index in [0.29, 0.717) is 25.7 Å². The van der Waals surface area contributed by atoms with Crippen LogP contribution >= 0.6 is 15.6 Å². The highest BCUT2D eigenvalue weighted by Gasteiger charge is 2.30. The molecule has 0 aromatic rings. The summed E-state index contributed by atoms with van der Waals surface area (Å²) >= 11 is 0. The zero-order valence-corrected chi connectivity index (χ0v) is 66.9. The molecular formula is C85H144O17P2. The molecule has 5 atom stereocenters. The van der Waals surface area contributed by atoms with Gasteiger partial charge in [0.05, 0.1) is 26.4 Å². The van der Waals surface area contributed by atoms with Crippen molar-refractivity contribution in [2.24, 2.45) is 0 Å². The van der Waals surface area contributed by atoms with Gasteiger partial charge >= 0.3 is 39.5 Å². The summed E-state index contributed by atoms with van der Waals surface area (Å²) in [6.45, 7) is 4.52. The quantitative estimate of drug-likeness (QED) is 0.0169. The van der Waals surface area contributed by atoms with Crippen LogP contribution in [0.5, 0.6) is 0 Å². The van der Waals surface area contributed by atoms with Crippen molar-refractivity contribution in [3.8, 4) is 0 Å². The minimum atomic E-state index is -4.99. The summed E-state index contributed by atoms with van der Waals surface area (Å²) in [6, 6.07) is 0. The number of rotatable bonds is 75. The number of carbonyl (C=O) groups excluding carboxylic acids is 4. The van der Waals surface area contributed by atoms with E-state index in [0.717, 1.165) is 225 Å². The fourth-order valence-corrected chi connectivity index (χ4v) is 12.0. The third-order valence-electron chi connectivity index (χ3n) is 16.6. The van der Waals surface area contributed by atoms with Crippen molar-refractivity contribution in [1.82, 2.24) is 0 Å². The lowest BCUT2D eigenvalue weighted by atomic mass is 10.1. The van der Waals surface area contributed by atoms with Gasteiger partial charge in [-0.15, -0.1) is 0 Å². The maximum absolute atomic E-state index is 13.1. The second-order valence-corrected chi connectivity index (χ2v) is 29.5. The third-order valence-corrected chi connectivity index (χ3v) is 18.5. The maximum atomic E-state index is 13.1. The van der Waals surface area contributed by atoms with Crippen LogP contribution in [-0.2, 0) is 65.4 Å². The number of aliphatic hydroxyl groups excluding tert-OH is 1. The molecule has 0 spiro atoms. The van der Waals surface area contributed by atoms with Gasteiger partial charge < -0.3 is 33.8 Å². The van der Waals surface area contributed by atoms with Crippen LogP contribution in [0.1, 0.15) is 323 Å². The monoisotopic (exact) mass is 1500 g/mol. The number of aliphatic hydroxyl groups is 1. The molecule has 0 radical (unpaired) electrons. The highest BCUT2D eigenvalue weighted by molar-refractivity contribution is 7.47. The molecule has 0 saturated heterocycles. The van der Waals surface area contributed by atoms with Gasteiger partial charge in [-0.05, 0) is 154 Å². The van der Waals surface area contributed by atoms with Crippen LogP contribution in [-0.4, -0.2) is 96.7 Å². The Kier molecular flexibility index (Phi) is 72.9. The van der Waals surface area contributed by atoms with Crippen molar-refractivity contribution in [2.75, 3.05) is 39.6 Å². The van der Waals surface area contributed by atoms with Gasteiger partial charge in [0.2, 0.25) is 0 Å². The lowest BCUT2D eigenvalue weighted by Crippen LogP contribution is -2.30. The Bertz CT molecular complexity index is 2490. The Balaban J connectivity index is 5.38. The number of hydrogen-bond donors (Lipinski definition) is 3. The molecule has 0 fully saturated rings. The lowest BCUT2D eigenvalue weighted by Gasteiger charge is -2.21. The molecule has 0 aliphatic heterocycles. The van der Waals surface area contributed by atoms with Gasteiger partial charge in [0.15, 0.2) is 12.2 Å². The molecule has 17 nitrogen and oxygen atoms in total. The van der Waals surface area contributed by atoms with E-state index in [-0.39, 0.29) is 25.7 Å². The number of ether oxygens (including phenoxy) is 4. The summed E-state index contributed by atoms with van der Waals surface area (Å²) in [5, 5.41) is 10.6. The highest BCUT2D eigenvalue weighted by Crippen LogP contribution is 2.45. The second kappa shape index (κ2) is 76.4. The number of esters is 4. The van der Waals surface area contributed by atoms with Gasteiger partial charge in [0.1, 0.15) is 19.3 Å². The van der Waals surface area contributed by atoms with E-state index in [4.69, 9.17) is 37.0 Å². The van der Waals surface area contributed by atoms with Crippen molar-refractivity contribution in [2.45, 2.75) is 341 Å². The second-order valence-electron chi connectivity index (χ2n) is 26.6.